The molecule has 0 atom stereocenters. The van der Waals surface area contributed by atoms with Crippen LogP contribution in [0.4, 0.5) is 5.82 Å². The van der Waals surface area contributed by atoms with E-state index in [1.165, 1.54) is 0 Å². The second kappa shape index (κ2) is 9.81. The standard InChI is InChI=1S/C24H19BrClN3O2/c25-20-11-4-5-12-22(20)31-16-18-9-6-10-19(13-18)24(30)27-23-21(26)15-29(28-23)14-17-7-2-1-3-8-17/h1-13,15H,14,16H2,(H,27,28,30). The van der Waals surface area contributed by atoms with Gasteiger partial charge >= 0.3 is 0 Å². The summed E-state index contributed by atoms with van der Waals surface area (Å²) in [5.74, 6) is 0.792. The minimum Gasteiger partial charge on any atom is -0.488 e. The van der Waals surface area contributed by atoms with E-state index in [-0.39, 0.29) is 5.91 Å². The van der Waals surface area contributed by atoms with Crippen LogP contribution >= 0.6 is 27.5 Å². The topological polar surface area (TPSA) is 56.2 Å². The number of amides is 1. The van der Waals surface area contributed by atoms with Gasteiger partial charge in [0.25, 0.3) is 5.91 Å². The monoisotopic (exact) mass is 495 g/mol. The molecule has 0 bridgehead atoms. The SMILES string of the molecule is O=C(Nc1nn(Cc2ccccc2)cc1Cl)c1cccc(COc2ccccc2Br)c1. The fraction of sp³-hybridized carbons (Fsp3) is 0.0833. The van der Waals surface area contributed by atoms with Crippen LogP contribution in [0.3, 0.4) is 0 Å². The van der Waals surface area contributed by atoms with Crippen molar-refractivity contribution >= 4 is 39.3 Å². The van der Waals surface area contributed by atoms with Crippen LogP contribution in [0.5, 0.6) is 5.75 Å². The van der Waals surface area contributed by atoms with Gasteiger partial charge in [0.05, 0.1) is 11.0 Å². The number of para-hydroxylation sites is 1. The van der Waals surface area contributed by atoms with Crippen LogP contribution in [0.15, 0.2) is 89.5 Å². The number of nitrogens with one attached hydrogen (secondary N) is 1. The van der Waals surface area contributed by atoms with Crippen LogP contribution in [0.25, 0.3) is 0 Å². The van der Waals surface area contributed by atoms with Crippen molar-refractivity contribution in [3.63, 3.8) is 0 Å². The molecule has 5 nitrogen and oxygen atoms in total. The van der Waals surface area contributed by atoms with Gasteiger partial charge in [0, 0.05) is 11.8 Å². The number of aromatic nitrogens is 2. The maximum Gasteiger partial charge on any atom is 0.256 e. The van der Waals surface area contributed by atoms with Crippen LogP contribution < -0.4 is 10.1 Å². The Labute approximate surface area is 193 Å². The second-order valence-corrected chi connectivity index (χ2v) is 8.14. The van der Waals surface area contributed by atoms with Crippen molar-refractivity contribution in [3.8, 4) is 5.75 Å². The molecule has 1 N–H and O–H groups in total. The number of benzene rings is 3. The predicted octanol–water partition coefficient (Wildman–Crippen LogP) is 6.18. The van der Waals surface area contributed by atoms with Crippen molar-refractivity contribution in [1.82, 2.24) is 9.78 Å². The third-order valence-electron chi connectivity index (χ3n) is 4.56. The van der Waals surface area contributed by atoms with E-state index in [2.05, 4.69) is 26.3 Å². The third kappa shape index (κ3) is 5.54. The highest BCUT2D eigenvalue weighted by atomic mass is 79.9. The first kappa shape index (κ1) is 21.2. The fourth-order valence-electron chi connectivity index (χ4n) is 3.04. The summed E-state index contributed by atoms with van der Waals surface area (Å²) in [6.07, 6.45) is 1.70. The predicted molar refractivity (Wildman–Crippen MR) is 126 cm³/mol. The summed E-state index contributed by atoms with van der Waals surface area (Å²) in [7, 11) is 0. The lowest BCUT2D eigenvalue weighted by Crippen LogP contribution is -2.13. The number of anilines is 1. The fourth-order valence-corrected chi connectivity index (χ4v) is 3.64. The first-order valence-corrected chi connectivity index (χ1v) is 10.8. The molecule has 156 valence electrons. The molecule has 3 aromatic carbocycles. The summed E-state index contributed by atoms with van der Waals surface area (Å²) in [6.45, 7) is 0.911. The first-order valence-electron chi connectivity index (χ1n) is 9.63. The van der Waals surface area contributed by atoms with Crippen LogP contribution in [-0.2, 0) is 13.2 Å². The molecular weight excluding hydrogens is 478 g/mol. The minimum atomic E-state index is -0.283. The number of hydrogen-bond donors (Lipinski definition) is 1. The Bertz CT molecular complexity index is 1190. The molecule has 1 aromatic heterocycles. The molecule has 0 fully saturated rings. The van der Waals surface area contributed by atoms with E-state index >= 15 is 0 Å². The molecule has 0 saturated heterocycles. The highest BCUT2D eigenvalue weighted by Crippen LogP contribution is 2.25. The molecule has 0 aliphatic carbocycles. The van der Waals surface area contributed by atoms with Crippen molar-refractivity contribution in [2.75, 3.05) is 5.32 Å². The summed E-state index contributed by atoms with van der Waals surface area (Å²) in [6, 6.07) is 24.8. The Hall–Kier alpha value is -3.09. The Morgan fingerprint density at radius 1 is 1.00 bits per heavy atom. The summed E-state index contributed by atoms with van der Waals surface area (Å²) < 4.78 is 8.42. The normalized spacial score (nSPS) is 10.6. The van der Waals surface area contributed by atoms with E-state index in [0.717, 1.165) is 21.3 Å². The van der Waals surface area contributed by atoms with Gasteiger partial charge in [0.15, 0.2) is 5.82 Å². The molecule has 31 heavy (non-hydrogen) atoms. The van der Waals surface area contributed by atoms with Gasteiger partial charge in [-0.25, -0.2) is 0 Å². The molecule has 4 rings (SSSR count). The van der Waals surface area contributed by atoms with Crippen molar-refractivity contribution in [3.05, 3.63) is 111 Å². The van der Waals surface area contributed by atoms with Crippen molar-refractivity contribution < 1.29 is 9.53 Å². The molecule has 0 unspecified atom stereocenters. The summed E-state index contributed by atoms with van der Waals surface area (Å²) in [5, 5.41) is 7.58. The van der Waals surface area contributed by atoms with Gasteiger partial charge in [0.2, 0.25) is 0 Å². The number of rotatable bonds is 7. The van der Waals surface area contributed by atoms with Gasteiger partial charge < -0.3 is 10.1 Å². The Morgan fingerprint density at radius 3 is 2.55 bits per heavy atom. The van der Waals surface area contributed by atoms with E-state index in [4.69, 9.17) is 16.3 Å². The Balaban J connectivity index is 1.42. The van der Waals surface area contributed by atoms with Gasteiger partial charge in [-0.1, -0.05) is 66.2 Å². The lowest BCUT2D eigenvalue weighted by Gasteiger charge is -2.09. The molecule has 0 saturated carbocycles. The molecule has 1 heterocycles. The highest BCUT2D eigenvalue weighted by Gasteiger charge is 2.13. The van der Waals surface area contributed by atoms with E-state index in [1.54, 1.807) is 23.0 Å². The summed E-state index contributed by atoms with van der Waals surface area (Å²) in [5.41, 5.74) is 2.48. The molecule has 4 aromatic rings. The van der Waals surface area contributed by atoms with Crippen molar-refractivity contribution in [1.29, 1.82) is 0 Å². The second-order valence-electron chi connectivity index (χ2n) is 6.88. The van der Waals surface area contributed by atoms with E-state index < -0.39 is 0 Å². The van der Waals surface area contributed by atoms with Crippen molar-refractivity contribution in [2.45, 2.75) is 13.2 Å². The van der Waals surface area contributed by atoms with Crippen LogP contribution in [0, 0.1) is 0 Å². The van der Waals surface area contributed by atoms with Crippen LogP contribution in [0.1, 0.15) is 21.5 Å². The quantitative estimate of drug-likeness (QED) is 0.332. The number of carbonyl (C=O) groups excluding carboxylic acids is 1. The average molecular weight is 497 g/mol. The zero-order valence-electron chi connectivity index (χ0n) is 16.5. The molecule has 1 amide bonds. The largest absolute Gasteiger partial charge is 0.488 e. The average Bonchev–Trinajstić information content (AvgIpc) is 3.12. The zero-order valence-corrected chi connectivity index (χ0v) is 18.8. The molecular formula is C24H19BrClN3O2. The number of ether oxygens (including phenoxy) is 1. The maximum atomic E-state index is 12.7. The zero-order chi connectivity index (χ0) is 21.6. The Morgan fingerprint density at radius 2 is 1.74 bits per heavy atom. The highest BCUT2D eigenvalue weighted by molar-refractivity contribution is 9.10. The number of nitrogens with zero attached hydrogens (tertiary/aromatic N) is 2. The lowest BCUT2D eigenvalue weighted by atomic mass is 10.1. The first-order chi connectivity index (χ1) is 15.1. The van der Waals surface area contributed by atoms with E-state index in [0.29, 0.717) is 29.6 Å². The number of halogens is 2. The van der Waals surface area contributed by atoms with E-state index in [1.807, 2.05) is 66.7 Å². The molecule has 0 spiro atoms. The smallest absolute Gasteiger partial charge is 0.256 e. The van der Waals surface area contributed by atoms with Crippen molar-refractivity contribution in [2.24, 2.45) is 0 Å². The molecule has 7 heteroatoms. The molecule has 0 radical (unpaired) electrons. The van der Waals surface area contributed by atoms with Gasteiger partial charge in [-0.15, -0.1) is 0 Å². The number of carbonyl (C=O) groups is 1. The van der Waals surface area contributed by atoms with Crippen LogP contribution in [0.2, 0.25) is 5.02 Å². The van der Waals surface area contributed by atoms with Gasteiger partial charge in [0.1, 0.15) is 17.4 Å². The van der Waals surface area contributed by atoms with Gasteiger partial charge in [-0.2, -0.15) is 5.10 Å². The van der Waals surface area contributed by atoms with Gasteiger partial charge in [-0.05, 0) is 51.3 Å². The number of hydrogen-bond acceptors (Lipinski definition) is 3. The lowest BCUT2D eigenvalue weighted by molar-refractivity contribution is 0.102. The maximum absolute atomic E-state index is 12.7. The Kier molecular flexibility index (Phi) is 6.70. The van der Waals surface area contributed by atoms with Gasteiger partial charge in [-0.3, -0.25) is 9.48 Å². The minimum absolute atomic E-state index is 0.283. The van der Waals surface area contributed by atoms with E-state index in [9.17, 15) is 4.79 Å². The van der Waals surface area contributed by atoms with Crippen LogP contribution in [-0.4, -0.2) is 15.7 Å². The molecule has 0 aliphatic rings. The molecule has 0 aliphatic heterocycles. The summed E-state index contributed by atoms with van der Waals surface area (Å²) in [4.78, 5) is 12.7. The third-order valence-corrected chi connectivity index (χ3v) is 5.49. The summed E-state index contributed by atoms with van der Waals surface area (Å²) >= 11 is 9.75.